The first-order chi connectivity index (χ1) is 11.0. The lowest BCUT2D eigenvalue weighted by molar-refractivity contribution is -0.138. The molecular weight excluding hydrogens is 316 g/mol. The first-order valence-electron chi connectivity index (χ1n) is 7.87. The Hall–Kier alpha value is -1.59. The second-order valence-corrected chi connectivity index (χ2v) is 6.21. The summed E-state index contributed by atoms with van der Waals surface area (Å²) >= 11 is 6.21. The molecule has 2 rings (SSSR count). The van der Waals surface area contributed by atoms with Gasteiger partial charge in [0.2, 0.25) is 11.8 Å². The SMILES string of the molecule is CO[C@H](c1ccccc1Cl)[C@@H](C)NC(=O)CN1CCCCC1=O. The summed E-state index contributed by atoms with van der Waals surface area (Å²) in [5.41, 5.74) is 0.832. The summed E-state index contributed by atoms with van der Waals surface area (Å²) in [6, 6.07) is 7.15. The molecule has 0 spiro atoms. The zero-order valence-electron chi connectivity index (χ0n) is 13.5. The number of hydrogen-bond donors (Lipinski definition) is 1. The molecule has 5 nitrogen and oxygen atoms in total. The van der Waals surface area contributed by atoms with Crippen LogP contribution in [0.25, 0.3) is 0 Å². The van der Waals surface area contributed by atoms with E-state index in [-0.39, 0.29) is 30.5 Å². The molecule has 1 saturated heterocycles. The van der Waals surface area contributed by atoms with Crippen molar-refractivity contribution < 1.29 is 14.3 Å². The van der Waals surface area contributed by atoms with Crippen LogP contribution >= 0.6 is 11.6 Å². The molecule has 1 N–H and O–H groups in total. The molecule has 1 aliphatic heterocycles. The van der Waals surface area contributed by atoms with Crippen LogP contribution in [0.3, 0.4) is 0 Å². The van der Waals surface area contributed by atoms with E-state index in [2.05, 4.69) is 5.32 Å². The molecule has 0 unspecified atom stereocenters. The highest BCUT2D eigenvalue weighted by molar-refractivity contribution is 6.31. The van der Waals surface area contributed by atoms with E-state index in [9.17, 15) is 9.59 Å². The largest absolute Gasteiger partial charge is 0.375 e. The molecule has 0 aliphatic carbocycles. The van der Waals surface area contributed by atoms with Gasteiger partial charge in [0.25, 0.3) is 0 Å². The van der Waals surface area contributed by atoms with Crippen molar-refractivity contribution in [2.45, 2.75) is 38.3 Å². The van der Waals surface area contributed by atoms with Crippen molar-refractivity contribution in [3.8, 4) is 0 Å². The molecule has 2 amide bonds. The number of piperidine rings is 1. The summed E-state index contributed by atoms with van der Waals surface area (Å²) in [5, 5.41) is 3.51. The van der Waals surface area contributed by atoms with E-state index in [1.54, 1.807) is 18.1 Å². The number of likely N-dealkylation sites (tertiary alicyclic amines) is 1. The molecule has 1 fully saturated rings. The molecule has 0 bridgehead atoms. The van der Waals surface area contributed by atoms with Gasteiger partial charge in [-0.15, -0.1) is 0 Å². The van der Waals surface area contributed by atoms with Crippen molar-refractivity contribution in [2.24, 2.45) is 0 Å². The Labute approximate surface area is 141 Å². The first kappa shape index (κ1) is 17.8. The summed E-state index contributed by atoms with van der Waals surface area (Å²) in [7, 11) is 1.59. The van der Waals surface area contributed by atoms with Crippen LogP contribution in [-0.4, -0.2) is 43.0 Å². The molecule has 23 heavy (non-hydrogen) atoms. The molecule has 1 aromatic carbocycles. The molecule has 1 heterocycles. The summed E-state index contributed by atoms with van der Waals surface area (Å²) in [4.78, 5) is 25.6. The van der Waals surface area contributed by atoms with Crippen LogP contribution in [0.15, 0.2) is 24.3 Å². The van der Waals surface area contributed by atoms with Crippen LogP contribution in [0.1, 0.15) is 37.9 Å². The van der Waals surface area contributed by atoms with Gasteiger partial charge in [0.15, 0.2) is 0 Å². The standard InChI is InChI=1S/C17H23ClN2O3/c1-12(17(23-2)13-7-3-4-8-14(13)18)19-15(21)11-20-10-6-5-9-16(20)22/h3-4,7-8,12,17H,5-6,9-11H2,1-2H3,(H,19,21)/t12-,17+/m1/s1. The van der Waals surface area contributed by atoms with E-state index in [0.717, 1.165) is 18.4 Å². The summed E-state index contributed by atoms with van der Waals surface area (Å²) in [6.07, 6.45) is 2.05. The van der Waals surface area contributed by atoms with E-state index in [1.165, 1.54) is 0 Å². The Bertz CT molecular complexity index is 565. The number of rotatable bonds is 6. The summed E-state index contributed by atoms with van der Waals surface area (Å²) in [6.45, 7) is 2.62. The van der Waals surface area contributed by atoms with Crippen LogP contribution in [-0.2, 0) is 14.3 Å². The minimum Gasteiger partial charge on any atom is -0.375 e. The fourth-order valence-corrected chi connectivity index (χ4v) is 3.13. The number of methoxy groups -OCH3 is 1. The van der Waals surface area contributed by atoms with Gasteiger partial charge in [-0.05, 0) is 25.8 Å². The van der Waals surface area contributed by atoms with Gasteiger partial charge in [-0.25, -0.2) is 0 Å². The second kappa shape index (κ2) is 8.31. The average molecular weight is 339 g/mol. The monoisotopic (exact) mass is 338 g/mol. The van der Waals surface area contributed by atoms with E-state index in [1.807, 2.05) is 25.1 Å². The highest BCUT2D eigenvalue weighted by atomic mass is 35.5. The Kier molecular flexibility index (Phi) is 6.42. The quantitative estimate of drug-likeness (QED) is 0.867. The van der Waals surface area contributed by atoms with Crippen LogP contribution < -0.4 is 5.32 Å². The van der Waals surface area contributed by atoms with Crippen molar-refractivity contribution in [1.29, 1.82) is 0 Å². The summed E-state index contributed by atoms with van der Waals surface area (Å²) < 4.78 is 5.51. The number of carbonyl (C=O) groups is 2. The lowest BCUT2D eigenvalue weighted by Gasteiger charge is -2.28. The maximum absolute atomic E-state index is 12.2. The molecule has 1 aliphatic rings. The van der Waals surface area contributed by atoms with Crippen LogP contribution in [0.2, 0.25) is 5.02 Å². The van der Waals surface area contributed by atoms with Crippen LogP contribution in [0, 0.1) is 0 Å². The number of ether oxygens (including phenoxy) is 1. The van der Waals surface area contributed by atoms with Gasteiger partial charge in [0.1, 0.15) is 6.10 Å². The van der Waals surface area contributed by atoms with Crippen molar-refractivity contribution in [2.75, 3.05) is 20.2 Å². The Balaban J connectivity index is 1.96. The highest BCUT2D eigenvalue weighted by Gasteiger charge is 2.25. The van der Waals surface area contributed by atoms with Crippen molar-refractivity contribution in [1.82, 2.24) is 10.2 Å². The Morgan fingerprint density at radius 1 is 1.39 bits per heavy atom. The van der Waals surface area contributed by atoms with Gasteiger partial charge in [-0.1, -0.05) is 29.8 Å². The lowest BCUT2D eigenvalue weighted by atomic mass is 10.0. The van der Waals surface area contributed by atoms with E-state index < -0.39 is 0 Å². The third-order valence-electron chi connectivity index (χ3n) is 4.06. The number of nitrogens with one attached hydrogen (secondary N) is 1. The second-order valence-electron chi connectivity index (χ2n) is 5.81. The zero-order chi connectivity index (χ0) is 16.8. The van der Waals surface area contributed by atoms with Crippen LogP contribution in [0.4, 0.5) is 0 Å². The number of nitrogens with zero attached hydrogens (tertiary/aromatic N) is 1. The Morgan fingerprint density at radius 2 is 2.13 bits per heavy atom. The van der Waals surface area contributed by atoms with Crippen LogP contribution in [0.5, 0.6) is 0 Å². The number of hydrogen-bond acceptors (Lipinski definition) is 3. The normalized spacial score (nSPS) is 17.7. The van der Waals surface area contributed by atoms with Crippen molar-refractivity contribution >= 4 is 23.4 Å². The number of carbonyl (C=O) groups excluding carboxylic acids is 2. The molecule has 1 aromatic rings. The van der Waals surface area contributed by atoms with Gasteiger partial charge >= 0.3 is 0 Å². The molecule has 0 saturated carbocycles. The molecule has 126 valence electrons. The van der Waals surface area contributed by atoms with E-state index >= 15 is 0 Å². The molecule has 2 atom stereocenters. The highest BCUT2D eigenvalue weighted by Crippen LogP contribution is 2.27. The lowest BCUT2D eigenvalue weighted by Crippen LogP contribution is -2.46. The predicted octanol–water partition coefficient (Wildman–Crippen LogP) is 2.54. The minimum absolute atomic E-state index is 0.0495. The van der Waals surface area contributed by atoms with Gasteiger partial charge in [0.05, 0.1) is 12.6 Å². The Morgan fingerprint density at radius 3 is 2.78 bits per heavy atom. The van der Waals surface area contributed by atoms with E-state index in [4.69, 9.17) is 16.3 Å². The third-order valence-corrected chi connectivity index (χ3v) is 4.41. The maximum atomic E-state index is 12.2. The molecule has 0 aromatic heterocycles. The van der Waals surface area contributed by atoms with Gasteiger partial charge in [-0.2, -0.15) is 0 Å². The van der Waals surface area contributed by atoms with Gasteiger partial charge < -0.3 is 15.0 Å². The zero-order valence-corrected chi connectivity index (χ0v) is 14.3. The van der Waals surface area contributed by atoms with Gasteiger partial charge in [-0.3, -0.25) is 9.59 Å². The van der Waals surface area contributed by atoms with Crippen molar-refractivity contribution in [3.63, 3.8) is 0 Å². The first-order valence-corrected chi connectivity index (χ1v) is 8.25. The third kappa shape index (κ3) is 4.69. The summed E-state index contributed by atoms with van der Waals surface area (Å²) in [5.74, 6) is -0.129. The fraction of sp³-hybridized carbons (Fsp3) is 0.529. The minimum atomic E-state index is -0.343. The molecule has 0 radical (unpaired) electrons. The number of amides is 2. The molecular formula is C17H23ClN2O3. The van der Waals surface area contributed by atoms with Gasteiger partial charge in [0, 0.05) is 30.7 Å². The number of benzene rings is 1. The predicted molar refractivity (Wildman–Crippen MR) is 89.2 cm³/mol. The van der Waals surface area contributed by atoms with Crippen molar-refractivity contribution in [3.05, 3.63) is 34.9 Å². The van der Waals surface area contributed by atoms with E-state index in [0.29, 0.717) is 18.0 Å². The molecule has 6 heteroatoms. The smallest absolute Gasteiger partial charge is 0.239 e. The number of halogens is 1. The average Bonchev–Trinajstić information content (AvgIpc) is 2.52. The topological polar surface area (TPSA) is 58.6 Å². The fourth-order valence-electron chi connectivity index (χ4n) is 2.88. The maximum Gasteiger partial charge on any atom is 0.239 e.